The van der Waals surface area contributed by atoms with Gasteiger partial charge in [0.05, 0.1) is 25.0 Å². The van der Waals surface area contributed by atoms with Gasteiger partial charge in [0.25, 0.3) is 0 Å². The Labute approximate surface area is 136 Å². The lowest BCUT2D eigenvalue weighted by Crippen LogP contribution is -2.32. The second-order valence-corrected chi connectivity index (χ2v) is 5.23. The number of amides is 1. The number of nitrogens with two attached hydrogens (primary N) is 1. The average molecular weight is 314 g/mol. The van der Waals surface area contributed by atoms with Gasteiger partial charge in [-0.3, -0.25) is 4.79 Å². The van der Waals surface area contributed by atoms with E-state index in [1.54, 1.807) is 26.3 Å². The summed E-state index contributed by atoms with van der Waals surface area (Å²) in [5, 5.41) is 5.94. The molecule has 0 saturated carbocycles. The number of methoxy groups -OCH3 is 1. The van der Waals surface area contributed by atoms with Crippen molar-refractivity contribution >= 4 is 17.4 Å². The molecule has 122 valence electrons. The molecule has 23 heavy (non-hydrogen) atoms. The highest BCUT2D eigenvalue weighted by atomic mass is 16.5. The summed E-state index contributed by atoms with van der Waals surface area (Å²) < 4.78 is 5.13. The Kier molecular flexibility index (Phi) is 5.94. The molecule has 1 amide bonds. The molecule has 0 saturated heterocycles. The summed E-state index contributed by atoms with van der Waals surface area (Å²) in [7, 11) is 1.66. The number of carbonyl (C=O) groups is 1. The van der Waals surface area contributed by atoms with E-state index in [1.807, 2.05) is 30.3 Å². The summed E-state index contributed by atoms with van der Waals surface area (Å²) in [6.45, 7) is 2.42. The summed E-state index contributed by atoms with van der Waals surface area (Å²) in [5.74, 6) is 1.10. The highest BCUT2D eigenvalue weighted by molar-refractivity contribution is 5.93. The first-order chi connectivity index (χ1) is 11.1. The van der Waals surface area contributed by atoms with Crippen LogP contribution in [0.3, 0.4) is 0 Å². The normalized spacial score (nSPS) is 11.6. The summed E-state index contributed by atoms with van der Waals surface area (Å²) in [6.07, 6.45) is 2.58. The van der Waals surface area contributed by atoms with Gasteiger partial charge in [-0.1, -0.05) is 12.1 Å². The van der Waals surface area contributed by atoms with Gasteiger partial charge in [0, 0.05) is 6.54 Å². The summed E-state index contributed by atoms with van der Waals surface area (Å²) >= 11 is 0. The van der Waals surface area contributed by atoms with Gasteiger partial charge in [-0.05, 0) is 43.2 Å². The summed E-state index contributed by atoms with van der Waals surface area (Å²) in [6, 6.07) is 11.1. The van der Waals surface area contributed by atoms with Crippen LogP contribution in [0.5, 0.6) is 5.75 Å². The average Bonchev–Trinajstić information content (AvgIpc) is 2.57. The fraction of sp³-hybridized carbons (Fsp3) is 0.294. The van der Waals surface area contributed by atoms with Crippen LogP contribution in [0, 0.1) is 0 Å². The molecule has 1 aromatic heterocycles. The third-order valence-electron chi connectivity index (χ3n) is 3.33. The number of nitrogens with zero attached hydrogens (tertiary/aromatic N) is 1. The molecule has 6 nitrogen and oxygen atoms in total. The third-order valence-corrected chi connectivity index (χ3v) is 3.33. The predicted molar refractivity (Wildman–Crippen MR) is 91.7 cm³/mol. The molecule has 4 N–H and O–H groups in total. The van der Waals surface area contributed by atoms with Gasteiger partial charge in [-0.15, -0.1) is 0 Å². The second-order valence-electron chi connectivity index (χ2n) is 5.23. The molecule has 0 bridgehead atoms. The van der Waals surface area contributed by atoms with Gasteiger partial charge < -0.3 is 21.1 Å². The van der Waals surface area contributed by atoms with E-state index in [2.05, 4.69) is 15.6 Å². The van der Waals surface area contributed by atoms with Crippen molar-refractivity contribution in [3.05, 3.63) is 48.2 Å². The Bertz CT molecular complexity index is 624. The molecule has 0 aliphatic rings. The second kappa shape index (κ2) is 8.14. The maximum atomic E-state index is 11.5. The number of anilines is 2. The van der Waals surface area contributed by atoms with Crippen LogP contribution in [0.15, 0.2) is 42.6 Å². The van der Waals surface area contributed by atoms with Gasteiger partial charge in [-0.2, -0.15) is 0 Å². The maximum absolute atomic E-state index is 11.5. The summed E-state index contributed by atoms with van der Waals surface area (Å²) in [4.78, 5) is 15.7. The van der Waals surface area contributed by atoms with Crippen molar-refractivity contribution in [1.29, 1.82) is 0 Å². The van der Waals surface area contributed by atoms with Crippen LogP contribution >= 0.6 is 0 Å². The van der Waals surface area contributed by atoms with E-state index < -0.39 is 6.04 Å². The number of aromatic nitrogens is 1. The number of hydrogen-bond donors (Lipinski definition) is 3. The quantitative estimate of drug-likeness (QED) is 0.727. The van der Waals surface area contributed by atoms with E-state index in [0.29, 0.717) is 5.82 Å². The smallest absolute Gasteiger partial charge is 0.242 e. The first kappa shape index (κ1) is 16.8. The minimum Gasteiger partial charge on any atom is -0.497 e. The molecule has 1 heterocycles. The molecule has 6 heteroatoms. The lowest BCUT2D eigenvalue weighted by Gasteiger charge is -2.09. The zero-order chi connectivity index (χ0) is 16.7. The minimum atomic E-state index is -0.556. The van der Waals surface area contributed by atoms with Crippen LogP contribution in [-0.4, -0.2) is 30.6 Å². The Balaban J connectivity index is 1.80. The predicted octanol–water partition coefficient (Wildman–Crippen LogP) is 2.03. The molecule has 0 radical (unpaired) electrons. The molecule has 2 rings (SSSR count). The summed E-state index contributed by atoms with van der Waals surface area (Å²) in [5.41, 5.74) is 7.62. The lowest BCUT2D eigenvalue weighted by atomic mass is 10.1. The molecule has 1 atom stereocenters. The molecule has 0 aliphatic carbocycles. The van der Waals surface area contributed by atoms with Crippen LogP contribution in [0.4, 0.5) is 11.5 Å². The number of rotatable bonds is 7. The Hall–Kier alpha value is -2.60. The van der Waals surface area contributed by atoms with E-state index in [0.717, 1.165) is 24.4 Å². The zero-order valence-electron chi connectivity index (χ0n) is 13.4. The minimum absolute atomic E-state index is 0.252. The monoisotopic (exact) mass is 314 g/mol. The van der Waals surface area contributed by atoms with E-state index in [-0.39, 0.29) is 5.91 Å². The Morgan fingerprint density at radius 2 is 2.00 bits per heavy atom. The molecule has 1 aromatic carbocycles. The van der Waals surface area contributed by atoms with Crippen LogP contribution in [-0.2, 0) is 11.2 Å². The van der Waals surface area contributed by atoms with Crippen LogP contribution in [0.2, 0.25) is 0 Å². The van der Waals surface area contributed by atoms with Crippen molar-refractivity contribution in [1.82, 2.24) is 4.98 Å². The van der Waals surface area contributed by atoms with Crippen molar-refractivity contribution < 1.29 is 9.53 Å². The number of hydrogen-bond acceptors (Lipinski definition) is 5. The number of ether oxygens (including phenoxy) is 1. The fourth-order valence-electron chi connectivity index (χ4n) is 1.96. The Morgan fingerprint density at radius 3 is 2.57 bits per heavy atom. The van der Waals surface area contributed by atoms with Crippen LogP contribution in [0.25, 0.3) is 0 Å². The molecule has 0 spiro atoms. The van der Waals surface area contributed by atoms with Gasteiger partial charge in [0.1, 0.15) is 11.6 Å². The van der Waals surface area contributed by atoms with Crippen LogP contribution in [0.1, 0.15) is 12.5 Å². The molecule has 0 aliphatic heterocycles. The van der Waals surface area contributed by atoms with Gasteiger partial charge in [-0.25, -0.2) is 4.98 Å². The maximum Gasteiger partial charge on any atom is 0.242 e. The molecule has 2 aromatic rings. The van der Waals surface area contributed by atoms with Gasteiger partial charge in [0.2, 0.25) is 5.91 Å². The largest absolute Gasteiger partial charge is 0.497 e. The Morgan fingerprint density at radius 1 is 1.26 bits per heavy atom. The topological polar surface area (TPSA) is 89.3 Å². The van der Waals surface area contributed by atoms with E-state index in [9.17, 15) is 4.79 Å². The van der Waals surface area contributed by atoms with E-state index >= 15 is 0 Å². The standard InChI is InChI=1S/C17H22N4O2/c1-12(18)17(22)21-16-8-5-14(11-20-16)19-10-9-13-3-6-15(23-2)7-4-13/h3-8,11-12,19H,9-10,18H2,1-2H3,(H,20,21,22). The first-order valence-electron chi connectivity index (χ1n) is 7.48. The van der Waals surface area contributed by atoms with E-state index in [1.165, 1.54) is 5.56 Å². The number of nitrogens with one attached hydrogen (secondary N) is 2. The van der Waals surface area contributed by atoms with Gasteiger partial charge in [0.15, 0.2) is 0 Å². The molecule has 1 unspecified atom stereocenters. The lowest BCUT2D eigenvalue weighted by molar-refractivity contribution is -0.117. The zero-order valence-corrected chi connectivity index (χ0v) is 13.4. The van der Waals surface area contributed by atoms with Crippen molar-refractivity contribution in [2.45, 2.75) is 19.4 Å². The van der Waals surface area contributed by atoms with E-state index in [4.69, 9.17) is 10.5 Å². The van der Waals surface area contributed by atoms with Crippen molar-refractivity contribution in [3.8, 4) is 5.75 Å². The molecule has 0 fully saturated rings. The number of pyridine rings is 1. The molecular formula is C17H22N4O2. The van der Waals surface area contributed by atoms with Crippen LogP contribution < -0.4 is 21.1 Å². The van der Waals surface area contributed by atoms with Gasteiger partial charge >= 0.3 is 0 Å². The van der Waals surface area contributed by atoms with Crippen molar-refractivity contribution in [2.24, 2.45) is 5.73 Å². The molecular weight excluding hydrogens is 292 g/mol. The third kappa shape index (κ3) is 5.27. The SMILES string of the molecule is COc1ccc(CCNc2ccc(NC(=O)C(C)N)nc2)cc1. The van der Waals surface area contributed by atoms with Crippen molar-refractivity contribution in [2.75, 3.05) is 24.3 Å². The number of benzene rings is 1. The first-order valence-corrected chi connectivity index (χ1v) is 7.48. The fourth-order valence-corrected chi connectivity index (χ4v) is 1.96. The highest BCUT2D eigenvalue weighted by Gasteiger charge is 2.07. The highest BCUT2D eigenvalue weighted by Crippen LogP contribution is 2.13. The number of carbonyl (C=O) groups excluding carboxylic acids is 1. The van der Waals surface area contributed by atoms with Crippen molar-refractivity contribution in [3.63, 3.8) is 0 Å².